The van der Waals surface area contributed by atoms with Gasteiger partial charge in [-0.3, -0.25) is 4.39 Å². The fourth-order valence-corrected chi connectivity index (χ4v) is 3.14. The van der Waals surface area contributed by atoms with Gasteiger partial charge in [-0.05, 0) is 42.5 Å². The number of ether oxygens (including phenoxy) is 1. The smallest absolute Gasteiger partial charge is 0.124 e. The minimum atomic E-state index is -0.352. The van der Waals surface area contributed by atoms with Gasteiger partial charge in [0.25, 0.3) is 0 Å². The molecule has 0 aliphatic rings. The van der Waals surface area contributed by atoms with E-state index in [9.17, 15) is 4.39 Å². The van der Waals surface area contributed by atoms with Crippen LogP contribution in [0.15, 0.2) is 42.5 Å². The van der Waals surface area contributed by atoms with E-state index in [4.69, 9.17) is 4.74 Å². The summed E-state index contributed by atoms with van der Waals surface area (Å²) >= 11 is 1.63. The highest BCUT2D eigenvalue weighted by molar-refractivity contribution is 7.21. The van der Waals surface area contributed by atoms with Crippen LogP contribution in [0.5, 0.6) is 5.75 Å². The molecule has 3 nitrogen and oxygen atoms in total. The molecule has 0 aliphatic carbocycles. The molecule has 5 heteroatoms. The maximum atomic E-state index is 12.1. The van der Waals surface area contributed by atoms with Crippen LogP contribution < -0.4 is 10.1 Å². The first-order valence-corrected chi connectivity index (χ1v) is 7.99. The molecule has 0 spiro atoms. The largest absolute Gasteiger partial charge is 0.493 e. The zero-order valence-electron chi connectivity index (χ0n) is 12.3. The minimum Gasteiger partial charge on any atom is -0.493 e. The summed E-state index contributed by atoms with van der Waals surface area (Å²) in [7, 11) is 1.90. The Bertz CT molecular complexity index is 755. The molecule has 0 bridgehead atoms. The number of rotatable bonds is 6. The van der Waals surface area contributed by atoms with Gasteiger partial charge < -0.3 is 10.1 Å². The number of hydrogen-bond donors (Lipinski definition) is 1. The Kier molecular flexibility index (Phi) is 4.53. The van der Waals surface area contributed by atoms with Crippen LogP contribution in [0.4, 0.5) is 10.1 Å². The number of fused-ring (bicyclic) bond motifs is 1. The van der Waals surface area contributed by atoms with Crippen LogP contribution in [0.3, 0.4) is 0 Å². The number of nitrogens with one attached hydrogen (secondary N) is 1. The third kappa shape index (κ3) is 3.20. The summed E-state index contributed by atoms with van der Waals surface area (Å²) in [6.07, 6.45) is 0.420. The number of thiazole rings is 1. The van der Waals surface area contributed by atoms with Crippen molar-refractivity contribution in [2.45, 2.75) is 6.42 Å². The van der Waals surface area contributed by atoms with Crippen LogP contribution in [0.2, 0.25) is 0 Å². The van der Waals surface area contributed by atoms with Crippen molar-refractivity contribution >= 4 is 27.2 Å². The van der Waals surface area contributed by atoms with Crippen molar-refractivity contribution in [1.29, 1.82) is 0 Å². The Balaban J connectivity index is 1.85. The lowest BCUT2D eigenvalue weighted by Gasteiger charge is -2.03. The van der Waals surface area contributed by atoms with Crippen molar-refractivity contribution in [2.75, 3.05) is 25.6 Å². The number of anilines is 1. The lowest BCUT2D eigenvalue weighted by molar-refractivity contribution is 0.290. The predicted molar refractivity (Wildman–Crippen MR) is 90.7 cm³/mol. The average Bonchev–Trinajstić information content (AvgIpc) is 2.98. The molecule has 0 saturated heterocycles. The van der Waals surface area contributed by atoms with Crippen molar-refractivity contribution in [3.8, 4) is 16.3 Å². The van der Waals surface area contributed by atoms with Gasteiger partial charge >= 0.3 is 0 Å². The first-order valence-electron chi connectivity index (χ1n) is 7.17. The van der Waals surface area contributed by atoms with Gasteiger partial charge in [-0.15, -0.1) is 11.3 Å². The predicted octanol–water partition coefficient (Wildman–Crippen LogP) is 4.74. The standard InChI is InChI=1S/C17H17FN2OS/c1-19-13-5-3-12(4-6-13)17-20-15-8-7-14(11-16(15)22-17)21-10-2-9-18/h3-8,11,19H,2,9-10H2,1H3. The van der Waals surface area contributed by atoms with Gasteiger partial charge in [-0.25, -0.2) is 4.98 Å². The first kappa shape index (κ1) is 14.8. The summed E-state index contributed by atoms with van der Waals surface area (Å²) in [6.45, 7) is 0.0503. The summed E-state index contributed by atoms with van der Waals surface area (Å²) in [5.74, 6) is 0.765. The van der Waals surface area contributed by atoms with Gasteiger partial charge in [0.05, 0.1) is 23.5 Å². The number of hydrogen-bond acceptors (Lipinski definition) is 4. The Morgan fingerprint density at radius 3 is 2.73 bits per heavy atom. The minimum absolute atomic E-state index is 0.352. The third-order valence-corrected chi connectivity index (χ3v) is 4.39. The van der Waals surface area contributed by atoms with E-state index < -0.39 is 0 Å². The molecule has 22 heavy (non-hydrogen) atoms. The molecule has 0 amide bonds. The Morgan fingerprint density at radius 1 is 1.18 bits per heavy atom. The molecule has 1 N–H and O–H groups in total. The molecule has 0 saturated carbocycles. The quantitative estimate of drug-likeness (QED) is 0.667. The fraction of sp³-hybridized carbons (Fsp3) is 0.235. The van der Waals surface area contributed by atoms with Crippen LogP contribution in [0, 0.1) is 0 Å². The van der Waals surface area contributed by atoms with Crippen LogP contribution in [0.25, 0.3) is 20.8 Å². The van der Waals surface area contributed by atoms with Gasteiger partial charge in [-0.2, -0.15) is 0 Å². The molecule has 0 atom stereocenters. The van der Waals surface area contributed by atoms with E-state index in [1.807, 2.05) is 37.4 Å². The highest BCUT2D eigenvalue weighted by Gasteiger charge is 2.07. The molecule has 0 aliphatic heterocycles. The number of aromatic nitrogens is 1. The molecule has 2 aromatic carbocycles. The summed E-state index contributed by atoms with van der Waals surface area (Å²) in [6, 6.07) is 14.0. The summed E-state index contributed by atoms with van der Waals surface area (Å²) < 4.78 is 18.7. The molecular weight excluding hydrogens is 299 g/mol. The second kappa shape index (κ2) is 6.75. The molecule has 1 heterocycles. The summed E-state index contributed by atoms with van der Waals surface area (Å²) in [4.78, 5) is 4.66. The van der Waals surface area contributed by atoms with Crippen molar-refractivity contribution in [2.24, 2.45) is 0 Å². The molecule has 0 unspecified atom stereocenters. The van der Waals surface area contributed by atoms with Crippen LogP contribution >= 0.6 is 11.3 Å². The lowest BCUT2D eigenvalue weighted by Crippen LogP contribution is -1.97. The van der Waals surface area contributed by atoms with Crippen LogP contribution in [0.1, 0.15) is 6.42 Å². The molecule has 0 radical (unpaired) electrons. The molecule has 0 fully saturated rings. The normalized spacial score (nSPS) is 10.8. The van der Waals surface area contributed by atoms with Crippen LogP contribution in [-0.4, -0.2) is 25.3 Å². The first-order chi connectivity index (χ1) is 10.8. The topological polar surface area (TPSA) is 34.2 Å². The van der Waals surface area contributed by atoms with Crippen molar-refractivity contribution in [1.82, 2.24) is 4.98 Å². The Morgan fingerprint density at radius 2 is 2.00 bits per heavy atom. The molecular formula is C17H17FN2OS. The van der Waals surface area contributed by atoms with Gasteiger partial charge in [0.15, 0.2) is 0 Å². The highest BCUT2D eigenvalue weighted by Crippen LogP contribution is 2.32. The van der Waals surface area contributed by atoms with E-state index in [1.165, 1.54) is 0 Å². The van der Waals surface area contributed by atoms with Crippen molar-refractivity contribution in [3.05, 3.63) is 42.5 Å². The van der Waals surface area contributed by atoms with Crippen molar-refractivity contribution in [3.63, 3.8) is 0 Å². The summed E-state index contributed by atoms with van der Waals surface area (Å²) in [5.41, 5.74) is 3.13. The number of halogens is 1. The zero-order valence-corrected chi connectivity index (χ0v) is 13.1. The molecule has 3 aromatic rings. The lowest BCUT2D eigenvalue weighted by atomic mass is 10.2. The van der Waals surface area contributed by atoms with E-state index in [0.717, 1.165) is 32.2 Å². The number of alkyl halides is 1. The molecule has 3 rings (SSSR count). The maximum absolute atomic E-state index is 12.1. The van der Waals surface area contributed by atoms with Crippen molar-refractivity contribution < 1.29 is 9.13 Å². The average molecular weight is 316 g/mol. The van der Waals surface area contributed by atoms with E-state index in [-0.39, 0.29) is 6.67 Å². The second-order valence-electron chi connectivity index (χ2n) is 4.87. The van der Waals surface area contributed by atoms with Gasteiger partial charge in [0, 0.05) is 24.7 Å². The van der Waals surface area contributed by atoms with E-state index in [2.05, 4.69) is 22.4 Å². The second-order valence-corrected chi connectivity index (χ2v) is 5.90. The maximum Gasteiger partial charge on any atom is 0.124 e. The monoisotopic (exact) mass is 316 g/mol. The van der Waals surface area contributed by atoms with Crippen LogP contribution in [-0.2, 0) is 0 Å². The summed E-state index contributed by atoms with van der Waals surface area (Å²) in [5, 5.41) is 4.09. The highest BCUT2D eigenvalue weighted by atomic mass is 32.1. The van der Waals surface area contributed by atoms with Gasteiger partial charge in [0.1, 0.15) is 10.8 Å². The molecule has 114 valence electrons. The van der Waals surface area contributed by atoms with Gasteiger partial charge in [0.2, 0.25) is 0 Å². The SMILES string of the molecule is CNc1ccc(-c2nc3ccc(OCCCF)cc3s2)cc1. The van der Waals surface area contributed by atoms with E-state index >= 15 is 0 Å². The fourth-order valence-electron chi connectivity index (χ4n) is 2.14. The third-order valence-electron chi connectivity index (χ3n) is 3.33. The zero-order chi connectivity index (χ0) is 15.4. The molecule has 1 aromatic heterocycles. The van der Waals surface area contributed by atoms with E-state index in [0.29, 0.717) is 13.0 Å². The number of nitrogens with zero attached hydrogens (tertiary/aromatic N) is 1. The Labute approximate surface area is 132 Å². The van der Waals surface area contributed by atoms with Gasteiger partial charge in [-0.1, -0.05) is 0 Å². The van der Waals surface area contributed by atoms with E-state index in [1.54, 1.807) is 11.3 Å². The number of benzene rings is 2. The Hall–Kier alpha value is -2.14.